The molecule has 0 atom stereocenters. The van der Waals surface area contributed by atoms with Gasteiger partial charge in [-0.3, -0.25) is 0 Å². The topological polar surface area (TPSA) is 110 Å². The zero-order chi connectivity index (χ0) is 16.1. The number of nitrogens with zero attached hydrogens (tertiary/aromatic N) is 9. The first-order chi connectivity index (χ1) is 11.9. The summed E-state index contributed by atoms with van der Waals surface area (Å²) in [5.41, 5.74) is 2.01. The molecule has 9 nitrogen and oxygen atoms in total. The van der Waals surface area contributed by atoms with Crippen LogP contribution in [0.1, 0.15) is 5.56 Å². The minimum atomic E-state index is 0.315. The molecule has 0 saturated heterocycles. The molecule has 0 fully saturated rings. The third kappa shape index (κ3) is 1.56. The van der Waals surface area contributed by atoms with Gasteiger partial charge >= 0.3 is 0 Å². The van der Waals surface area contributed by atoms with Crippen molar-refractivity contribution in [3.63, 3.8) is 0 Å². The van der Waals surface area contributed by atoms with E-state index < -0.39 is 0 Å². The Morgan fingerprint density at radius 1 is 0.875 bits per heavy atom. The first-order valence-corrected chi connectivity index (χ1v) is 7.08. The van der Waals surface area contributed by atoms with E-state index in [2.05, 4.69) is 37.1 Å². The van der Waals surface area contributed by atoms with Crippen LogP contribution in [0.15, 0.2) is 42.5 Å². The second kappa shape index (κ2) is 4.53. The maximum Gasteiger partial charge on any atom is 0.278 e. The highest BCUT2D eigenvalue weighted by Crippen LogP contribution is 2.28. The monoisotopic (exact) mass is 313 g/mol. The Labute approximate surface area is 133 Å². The van der Waals surface area contributed by atoms with Crippen LogP contribution in [-0.4, -0.2) is 40.1 Å². The SMILES string of the molecule is N#Cc1c(-c2ccc3ccccc3c2)n2nnnc2n2nnnc12. The number of hydrogen-bond donors (Lipinski definition) is 0. The molecule has 0 aliphatic rings. The summed E-state index contributed by atoms with van der Waals surface area (Å²) >= 11 is 0. The van der Waals surface area contributed by atoms with Gasteiger partial charge in [0.25, 0.3) is 5.78 Å². The van der Waals surface area contributed by atoms with Gasteiger partial charge in [0, 0.05) is 5.56 Å². The van der Waals surface area contributed by atoms with E-state index in [4.69, 9.17) is 0 Å². The van der Waals surface area contributed by atoms with Crippen molar-refractivity contribution in [3.05, 3.63) is 48.0 Å². The molecule has 112 valence electrons. The predicted molar refractivity (Wildman–Crippen MR) is 82.8 cm³/mol. The van der Waals surface area contributed by atoms with Gasteiger partial charge in [0.15, 0.2) is 0 Å². The molecule has 0 bridgehead atoms. The maximum absolute atomic E-state index is 9.67. The predicted octanol–water partition coefficient (Wildman–Crippen LogP) is 1.25. The fraction of sp³-hybridized carbons (Fsp3) is 0. The van der Waals surface area contributed by atoms with Crippen LogP contribution in [0, 0.1) is 11.3 Å². The largest absolute Gasteiger partial charge is 0.278 e. The quantitative estimate of drug-likeness (QED) is 0.458. The molecule has 2 aromatic carbocycles. The van der Waals surface area contributed by atoms with Crippen LogP contribution in [0.3, 0.4) is 0 Å². The molecule has 0 radical (unpaired) electrons. The summed E-state index contributed by atoms with van der Waals surface area (Å²) in [6, 6.07) is 16.1. The van der Waals surface area contributed by atoms with Crippen LogP contribution in [0.2, 0.25) is 0 Å². The Balaban J connectivity index is 1.96. The summed E-state index contributed by atoms with van der Waals surface area (Å²) in [6.07, 6.45) is 0. The van der Waals surface area contributed by atoms with E-state index >= 15 is 0 Å². The van der Waals surface area contributed by atoms with E-state index in [1.54, 1.807) is 0 Å². The molecule has 3 heterocycles. The standard InChI is InChI=1S/C15H7N9/c16-8-12-13(11-6-5-9-3-1-2-4-10(9)7-11)23-15(18-20-21-23)24-14(12)17-19-22-24/h1-7H. The van der Waals surface area contributed by atoms with Gasteiger partial charge in [0.2, 0.25) is 5.65 Å². The Bertz CT molecular complexity index is 1270. The van der Waals surface area contributed by atoms with Crippen molar-refractivity contribution in [2.45, 2.75) is 0 Å². The zero-order valence-corrected chi connectivity index (χ0v) is 12.1. The van der Waals surface area contributed by atoms with Crippen LogP contribution in [0.4, 0.5) is 0 Å². The van der Waals surface area contributed by atoms with Crippen molar-refractivity contribution in [1.82, 2.24) is 40.1 Å². The molecule has 0 amide bonds. The summed E-state index contributed by atoms with van der Waals surface area (Å²) < 4.78 is 2.83. The molecule has 3 aromatic heterocycles. The fourth-order valence-corrected chi connectivity index (χ4v) is 2.85. The number of aromatic nitrogens is 8. The highest BCUT2D eigenvalue weighted by molar-refractivity contribution is 5.88. The zero-order valence-electron chi connectivity index (χ0n) is 12.1. The van der Waals surface area contributed by atoms with Crippen molar-refractivity contribution in [2.75, 3.05) is 0 Å². The van der Waals surface area contributed by atoms with Crippen molar-refractivity contribution in [2.24, 2.45) is 0 Å². The smallest absolute Gasteiger partial charge is 0.192 e. The molecule has 9 heteroatoms. The number of tetrazole rings is 2. The first kappa shape index (κ1) is 12.6. The molecule has 0 aliphatic heterocycles. The van der Waals surface area contributed by atoms with Gasteiger partial charge in [-0.1, -0.05) is 41.5 Å². The van der Waals surface area contributed by atoms with Crippen LogP contribution in [0.25, 0.3) is 33.5 Å². The molecule has 0 saturated carbocycles. The number of benzene rings is 2. The average molecular weight is 313 g/mol. The average Bonchev–Trinajstić information content (AvgIpc) is 3.28. The molecule has 0 N–H and O–H groups in total. The maximum atomic E-state index is 9.67. The van der Waals surface area contributed by atoms with Crippen molar-refractivity contribution < 1.29 is 0 Å². The van der Waals surface area contributed by atoms with Crippen LogP contribution < -0.4 is 0 Å². The molecular formula is C15H7N9. The molecule has 0 spiro atoms. The van der Waals surface area contributed by atoms with Gasteiger partial charge in [0.05, 0.1) is 5.69 Å². The molecule has 24 heavy (non-hydrogen) atoms. The number of hydrogen-bond acceptors (Lipinski definition) is 7. The fourth-order valence-electron chi connectivity index (χ4n) is 2.85. The van der Waals surface area contributed by atoms with Gasteiger partial charge in [-0.15, -0.1) is 5.10 Å². The van der Waals surface area contributed by atoms with Gasteiger partial charge < -0.3 is 0 Å². The van der Waals surface area contributed by atoms with Crippen molar-refractivity contribution >= 4 is 22.2 Å². The van der Waals surface area contributed by atoms with Gasteiger partial charge in [-0.2, -0.15) is 14.3 Å². The summed E-state index contributed by atoms with van der Waals surface area (Å²) in [5, 5.41) is 34.9. The lowest BCUT2D eigenvalue weighted by atomic mass is 10.0. The van der Waals surface area contributed by atoms with Gasteiger partial charge in [0.1, 0.15) is 11.6 Å². The van der Waals surface area contributed by atoms with E-state index in [1.807, 2.05) is 42.5 Å². The minimum absolute atomic E-state index is 0.315. The van der Waals surface area contributed by atoms with Crippen LogP contribution >= 0.6 is 0 Å². The molecule has 5 rings (SSSR count). The van der Waals surface area contributed by atoms with Crippen LogP contribution in [-0.2, 0) is 0 Å². The number of rotatable bonds is 1. The number of fused-ring (bicyclic) bond motifs is 4. The lowest BCUT2D eigenvalue weighted by molar-refractivity contribution is 0.801. The van der Waals surface area contributed by atoms with Gasteiger partial charge in [-0.25, -0.2) is 0 Å². The van der Waals surface area contributed by atoms with E-state index in [0.29, 0.717) is 22.7 Å². The van der Waals surface area contributed by atoms with E-state index in [0.717, 1.165) is 16.3 Å². The summed E-state index contributed by atoms with van der Waals surface area (Å²) in [5.74, 6) is 0.345. The second-order valence-corrected chi connectivity index (χ2v) is 5.20. The molecular weight excluding hydrogens is 306 g/mol. The van der Waals surface area contributed by atoms with E-state index in [-0.39, 0.29) is 0 Å². The highest BCUT2D eigenvalue weighted by atomic mass is 15.6. The Kier molecular flexibility index (Phi) is 2.38. The van der Waals surface area contributed by atoms with Crippen molar-refractivity contribution in [3.8, 4) is 17.3 Å². The normalized spacial score (nSPS) is 11.3. The molecule has 0 unspecified atom stereocenters. The third-order valence-corrected chi connectivity index (χ3v) is 3.92. The minimum Gasteiger partial charge on any atom is -0.192 e. The van der Waals surface area contributed by atoms with E-state index in [1.165, 1.54) is 9.03 Å². The second-order valence-electron chi connectivity index (χ2n) is 5.20. The lowest BCUT2D eigenvalue weighted by Crippen LogP contribution is -2.05. The van der Waals surface area contributed by atoms with Gasteiger partial charge in [-0.05, 0) is 37.7 Å². The molecule has 0 aliphatic carbocycles. The van der Waals surface area contributed by atoms with Crippen LogP contribution in [0.5, 0.6) is 0 Å². The molecule has 5 aromatic rings. The summed E-state index contributed by atoms with van der Waals surface area (Å²) in [4.78, 5) is 0. The Morgan fingerprint density at radius 2 is 1.67 bits per heavy atom. The van der Waals surface area contributed by atoms with Crippen molar-refractivity contribution in [1.29, 1.82) is 5.26 Å². The Morgan fingerprint density at radius 3 is 2.54 bits per heavy atom. The summed E-state index contributed by atoms with van der Waals surface area (Å²) in [6.45, 7) is 0. The first-order valence-electron chi connectivity index (χ1n) is 7.08. The Hall–Kier alpha value is -3.93. The summed E-state index contributed by atoms with van der Waals surface area (Å²) in [7, 11) is 0. The highest BCUT2D eigenvalue weighted by Gasteiger charge is 2.20. The number of nitriles is 1. The van der Waals surface area contributed by atoms with E-state index in [9.17, 15) is 5.26 Å². The lowest BCUT2D eigenvalue weighted by Gasteiger charge is -2.08. The third-order valence-electron chi connectivity index (χ3n) is 3.92.